The first-order chi connectivity index (χ1) is 9.56. The van der Waals surface area contributed by atoms with Crippen LogP contribution in [-0.4, -0.2) is 31.9 Å². The zero-order chi connectivity index (χ0) is 15.0. The van der Waals surface area contributed by atoms with Crippen LogP contribution >= 0.6 is 11.6 Å². The first-order valence-electron chi connectivity index (χ1n) is 6.24. The standard InChI is InChI=1S/C14H17ClO5/c1-3-4-12(9-19-14(17)18-2)20-13(16)10-5-7-11(15)8-6-10/h5-8,12H,3-4,9H2,1-2H3. The van der Waals surface area contributed by atoms with Crippen LogP contribution in [0.3, 0.4) is 0 Å². The zero-order valence-corrected chi connectivity index (χ0v) is 12.2. The number of esters is 1. The number of halogens is 1. The molecule has 6 heteroatoms. The van der Waals surface area contributed by atoms with Crippen molar-refractivity contribution in [2.75, 3.05) is 13.7 Å². The molecule has 0 aliphatic carbocycles. The molecule has 0 N–H and O–H groups in total. The summed E-state index contributed by atoms with van der Waals surface area (Å²) in [5.74, 6) is -0.478. The molecule has 1 aromatic rings. The van der Waals surface area contributed by atoms with Crippen molar-refractivity contribution in [2.45, 2.75) is 25.9 Å². The molecule has 0 saturated heterocycles. The van der Waals surface area contributed by atoms with Gasteiger partial charge in [0.05, 0.1) is 12.7 Å². The average Bonchev–Trinajstić information content (AvgIpc) is 2.45. The van der Waals surface area contributed by atoms with Gasteiger partial charge in [-0.15, -0.1) is 0 Å². The lowest BCUT2D eigenvalue weighted by Gasteiger charge is -2.16. The predicted octanol–water partition coefficient (Wildman–Crippen LogP) is 3.45. The maximum atomic E-state index is 11.9. The lowest BCUT2D eigenvalue weighted by molar-refractivity contribution is -0.00500. The summed E-state index contributed by atoms with van der Waals surface area (Å²) in [7, 11) is 1.22. The van der Waals surface area contributed by atoms with Crippen LogP contribution in [-0.2, 0) is 14.2 Å². The van der Waals surface area contributed by atoms with Crippen LogP contribution in [0.5, 0.6) is 0 Å². The van der Waals surface area contributed by atoms with E-state index in [4.69, 9.17) is 21.1 Å². The summed E-state index contributed by atoms with van der Waals surface area (Å²) in [6.45, 7) is 1.92. The molecular weight excluding hydrogens is 284 g/mol. The SMILES string of the molecule is CCCC(COC(=O)OC)OC(=O)c1ccc(Cl)cc1. The van der Waals surface area contributed by atoms with Gasteiger partial charge in [-0.3, -0.25) is 0 Å². The fraction of sp³-hybridized carbons (Fsp3) is 0.429. The number of carbonyl (C=O) groups excluding carboxylic acids is 2. The summed E-state index contributed by atoms with van der Waals surface area (Å²) in [6.07, 6.45) is 0.0929. The van der Waals surface area contributed by atoms with Crippen molar-refractivity contribution in [2.24, 2.45) is 0 Å². The summed E-state index contributed by atoms with van der Waals surface area (Å²) in [6, 6.07) is 6.37. The second-order valence-electron chi connectivity index (χ2n) is 4.09. The Bertz CT molecular complexity index is 443. The number of hydrogen-bond donors (Lipinski definition) is 0. The molecule has 0 fully saturated rings. The van der Waals surface area contributed by atoms with Crippen LogP contribution in [0.25, 0.3) is 0 Å². The Balaban J connectivity index is 2.57. The van der Waals surface area contributed by atoms with E-state index in [9.17, 15) is 9.59 Å². The van der Waals surface area contributed by atoms with Crippen molar-refractivity contribution in [1.82, 2.24) is 0 Å². The van der Waals surface area contributed by atoms with Crippen LogP contribution in [0.15, 0.2) is 24.3 Å². The number of benzene rings is 1. The first kappa shape index (κ1) is 16.3. The minimum absolute atomic E-state index is 0.0279. The van der Waals surface area contributed by atoms with Gasteiger partial charge < -0.3 is 14.2 Å². The van der Waals surface area contributed by atoms with Gasteiger partial charge in [-0.2, -0.15) is 0 Å². The Morgan fingerprint density at radius 2 is 1.90 bits per heavy atom. The van der Waals surface area contributed by atoms with Crippen molar-refractivity contribution in [3.8, 4) is 0 Å². The van der Waals surface area contributed by atoms with E-state index in [-0.39, 0.29) is 6.61 Å². The smallest absolute Gasteiger partial charge is 0.455 e. The summed E-state index contributed by atoms with van der Waals surface area (Å²) >= 11 is 5.75. The van der Waals surface area contributed by atoms with Gasteiger partial charge in [-0.05, 0) is 30.7 Å². The van der Waals surface area contributed by atoms with Gasteiger partial charge in [0.2, 0.25) is 0 Å². The Morgan fingerprint density at radius 1 is 1.25 bits per heavy atom. The molecule has 0 aromatic heterocycles. The topological polar surface area (TPSA) is 61.8 Å². The van der Waals surface area contributed by atoms with Gasteiger partial charge in [-0.25, -0.2) is 9.59 Å². The third kappa shape index (κ3) is 5.48. The molecule has 0 saturated carbocycles. The summed E-state index contributed by atoms with van der Waals surface area (Å²) < 4.78 is 14.5. The minimum atomic E-state index is -0.798. The Kier molecular flexibility index (Phi) is 6.87. The number of hydrogen-bond acceptors (Lipinski definition) is 5. The third-order valence-electron chi connectivity index (χ3n) is 2.52. The highest BCUT2D eigenvalue weighted by Gasteiger charge is 2.17. The van der Waals surface area contributed by atoms with E-state index in [1.165, 1.54) is 7.11 Å². The first-order valence-corrected chi connectivity index (χ1v) is 6.62. The molecule has 1 unspecified atom stereocenters. The lowest BCUT2D eigenvalue weighted by atomic mass is 10.2. The number of rotatable bonds is 6. The van der Waals surface area contributed by atoms with Crippen molar-refractivity contribution in [1.29, 1.82) is 0 Å². The quantitative estimate of drug-likeness (QED) is 0.753. The van der Waals surface area contributed by atoms with Gasteiger partial charge in [0.25, 0.3) is 0 Å². The van der Waals surface area contributed by atoms with E-state index in [0.717, 1.165) is 6.42 Å². The van der Waals surface area contributed by atoms with Crippen LogP contribution in [0.4, 0.5) is 4.79 Å². The molecular formula is C14H17ClO5. The van der Waals surface area contributed by atoms with Crippen molar-refractivity contribution < 1.29 is 23.8 Å². The van der Waals surface area contributed by atoms with Gasteiger partial charge in [0.1, 0.15) is 12.7 Å². The molecule has 20 heavy (non-hydrogen) atoms. The number of methoxy groups -OCH3 is 1. The molecule has 0 radical (unpaired) electrons. The Morgan fingerprint density at radius 3 is 2.45 bits per heavy atom. The van der Waals surface area contributed by atoms with E-state index in [2.05, 4.69) is 4.74 Å². The fourth-order valence-corrected chi connectivity index (χ4v) is 1.65. The summed E-state index contributed by atoms with van der Waals surface area (Å²) in [5.41, 5.74) is 0.397. The minimum Gasteiger partial charge on any atom is -0.455 e. The molecule has 0 heterocycles. The maximum absolute atomic E-state index is 11.9. The van der Waals surface area contributed by atoms with Gasteiger partial charge in [0, 0.05) is 5.02 Å². The van der Waals surface area contributed by atoms with Crippen molar-refractivity contribution in [3.63, 3.8) is 0 Å². The number of carbonyl (C=O) groups is 2. The fourth-order valence-electron chi connectivity index (χ4n) is 1.52. The molecule has 5 nitrogen and oxygen atoms in total. The molecule has 0 bridgehead atoms. The predicted molar refractivity (Wildman–Crippen MR) is 73.9 cm³/mol. The lowest BCUT2D eigenvalue weighted by Crippen LogP contribution is -2.25. The maximum Gasteiger partial charge on any atom is 0.508 e. The third-order valence-corrected chi connectivity index (χ3v) is 2.77. The second-order valence-corrected chi connectivity index (χ2v) is 4.52. The van der Waals surface area contributed by atoms with Crippen LogP contribution in [0.1, 0.15) is 30.1 Å². The Hall–Kier alpha value is -1.75. The highest BCUT2D eigenvalue weighted by Crippen LogP contribution is 2.13. The zero-order valence-electron chi connectivity index (χ0n) is 11.4. The normalized spacial score (nSPS) is 11.6. The van der Waals surface area contributed by atoms with Crippen LogP contribution in [0, 0.1) is 0 Å². The second kappa shape index (κ2) is 8.43. The van der Waals surface area contributed by atoms with Gasteiger partial charge in [0.15, 0.2) is 0 Å². The molecule has 0 spiro atoms. The van der Waals surface area contributed by atoms with Crippen molar-refractivity contribution >= 4 is 23.7 Å². The largest absolute Gasteiger partial charge is 0.508 e. The van der Waals surface area contributed by atoms with Crippen LogP contribution < -0.4 is 0 Å². The molecule has 0 aliphatic heterocycles. The highest BCUT2D eigenvalue weighted by atomic mass is 35.5. The van der Waals surface area contributed by atoms with Crippen molar-refractivity contribution in [3.05, 3.63) is 34.9 Å². The van der Waals surface area contributed by atoms with E-state index in [1.54, 1.807) is 24.3 Å². The monoisotopic (exact) mass is 300 g/mol. The summed E-state index contributed by atoms with van der Waals surface area (Å²) in [4.78, 5) is 22.8. The molecule has 1 aromatic carbocycles. The molecule has 0 aliphatic rings. The van der Waals surface area contributed by atoms with Crippen LogP contribution in [0.2, 0.25) is 5.02 Å². The molecule has 1 rings (SSSR count). The van der Waals surface area contributed by atoms with E-state index >= 15 is 0 Å². The average molecular weight is 301 g/mol. The summed E-state index contributed by atoms with van der Waals surface area (Å²) in [5, 5.41) is 0.542. The Labute approximate surface area is 122 Å². The van der Waals surface area contributed by atoms with E-state index < -0.39 is 18.2 Å². The highest BCUT2D eigenvalue weighted by molar-refractivity contribution is 6.30. The van der Waals surface area contributed by atoms with E-state index in [1.807, 2.05) is 6.92 Å². The van der Waals surface area contributed by atoms with E-state index in [0.29, 0.717) is 17.0 Å². The van der Waals surface area contributed by atoms with Gasteiger partial charge in [-0.1, -0.05) is 24.9 Å². The molecule has 0 amide bonds. The number of ether oxygens (including phenoxy) is 3. The molecule has 1 atom stereocenters. The van der Waals surface area contributed by atoms with Gasteiger partial charge >= 0.3 is 12.1 Å². The molecule has 110 valence electrons.